The van der Waals surface area contributed by atoms with Gasteiger partial charge in [-0.3, -0.25) is 9.78 Å². The predicted molar refractivity (Wildman–Crippen MR) is 83.3 cm³/mol. The van der Waals surface area contributed by atoms with Crippen LogP contribution in [0.2, 0.25) is 0 Å². The van der Waals surface area contributed by atoms with Crippen molar-refractivity contribution < 1.29 is 4.79 Å². The Balaban J connectivity index is 2.09. The van der Waals surface area contributed by atoms with Gasteiger partial charge in [-0.15, -0.1) is 0 Å². The summed E-state index contributed by atoms with van der Waals surface area (Å²) < 4.78 is 0.851. The van der Waals surface area contributed by atoms with Crippen molar-refractivity contribution >= 4 is 27.5 Å². The van der Waals surface area contributed by atoms with E-state index in [1.54, 1.807) is 24.4 Å². The summed E-state index contributed by atoms with van der Waals surface area (Å²) in [5.41, 5.74) is 8.79. The van der Waals surface area contributed by atoms with Crippen molar-refractivity contribution in [1.82, 2.24) is 10.3 Å². The van der Waals surface area contributed by atoms with E-state index in [4.69, 9.17) is 5.73 Å². The van der Waals surface area contributed by atoms with Crippen molar-refractivity contribution in [1.29, 1.82) is 0 Å². The van der Waals surface area contributed by atoms with Gasteiger partial charge >= 0.3 is 0 Å². The lowest BCUT2D eigenvalue weighted by Gasteiger charge is -2.10. The highest BCUT2D eigenvalue weighted by Crippen LogP contribution is 2.18. The number of hydrogen-bond acceptors (Lipinski definition) is 3. The van der Waals surface area contributed by atoms with Gasteiger partial charge in [-0.05, 0) is 36.2 Å². The van der Waals surface area contributed by atoms with Crippen LogP contribution < -0.4 is 11.1 Å². The zero-order valence-electron chi connectivity index (χ0n) is 11.2. The fourth-order valence-electron chi connectivity index (χ4n) is 1.95. The molecule has 1 heterocycles. The maximum atomic E-state index is 12.1. The third-order valence-electron chi connectivity index (χ3n) is 3.04. The Labute approximate surface area is 126 Å². The SMILES string of the molecule is CCc1cccnc1CNC(=O)c1ccc(Br)cc1N. The molecule has 0 fully saturated rings. The number of aryl methyl sites for hydroxylation is 1. The molecule has 0 aliphatic rings. The smallest absolute Gasteiger partial charge is 0.253 e. The number of nitrogens with one attached hydrogen (secondary N) is 1. The molecule has 0 radical (unpaired) electrons. The summed E-state index contributed by atoms with van der Waals surface area (Å²) >= 11 is 3.32. The number of anilines is 1. The van der Waals surface area contributed by atoms with Gasteiger partial charge in [0, 0.05) is 16.4 Å². The molecule has 2 rings (SSSR count). The summed E-state index contributed by atoms with van der Waals surface area (Å²) in [6.07, 6.45) is 2.62. The first-order chi connectivity index (χ1) is 9.61. The van der Waals surface area contributed by atoms with Crippen LogP contribution in [0.15, 0.2) is 41.0 Å². The first kappa shape index (κ1) is 14.5. The predicted octanol–water partition coefficient (Wildman–Crippen LogP) is 2.92. The lowest BCUT2D eigenvalue weighted by atomic mass is 10.1. The number of rotatable bonds is 4. The molecule has 0 saturated carbocycles. The number of benzene rings is 1. The van der Waals surface area contributed by atoms with Crippen molar-refractivity contribution in [3.8, 4) is 0 Å². The van der Waals surface area contributed by atoms with Crippen molar-refractivity contribution in [2.24, 2.45) is 0 Å². The van der Waals surface area contributed by atoms with Crippen LogP contribution in [-0.2, 0) is 13.0 Å². The molecule has 1 amide bonds. The van der Waals surface area contributed by atoms with E-state index in [-0.39, 0.29) is 5.91 Å². The molecular weight excluding hydrogens is 318 g/mol. The van der Waals surface area contributed by atoms with E-state index in [1.165, 1.54) is 0 Å². The normalized spacial score (nSPS) is 10.3. The molecule has 4 nitrogen and oxygen atoms in total. The van der Waals surface area contributed by atoms with E-state index in [1.807, 2.05) is 12.1 Å². The van der Waals surface area contributed by atoms with E-state index in [0.29, 0.717) is 17.8 Å². The van der Waals surface area contributed by atoms with Gasteiger partial charge in [0.2, 0.25) is 0 Å². The van der Waals surface area contributed by atoms with Crippen molar-refractivity contribution in [2.75, 3.05) is 5.73 Å². The molecule has 5 heteroatoms. The molecule has 0 aliphatic carbocycles. The zero-order chi connectivity index (χ0) is 14.5. The summed E-state index contributed by atoms with van der Waals surface area (Å²) in [7, 11) is 0. The highest BCUT2D eigenvalue weighted by atomic mass is 79.9. The average Bonchev–Trinajstić information content (AvgIpc) is 2.45. The summed E-state index contributed by atoms with van der Waals surface area (Å²) in [5.74, 6) is -0.192. The molecule has 0 saturated heterocycles. The Morgan fingerprint density at radius 2 is 2.20 bits per heavy atom. The van der Waals surface area contributed by atoms with Crippen LogP contribution >= 0.6 is 15.9 Å². The summed E-state index contributed by atoms with van der Waals surface area (Å²) in [4.78, 5) is 16.4. The number of amides is 1. The van der Waals surface area contributed by atoms with Crippen molar-refractivity contribution in [3.63, 3.8) is 0 Å². The highest BCUT2D eigenvalue weighted by molar-refractivity contribution is 9.10. The molecular formula is C15H16BrN3O. The average molecular weight is 334 g/mol. The van der Waals surface area contributed by atoms with Gasteiger partial charge in [0.15, 0.2) is 0 Å². The fraction of sp³-hybridized carbons (Fsp3) is 0.200. The summed E-state index contributed by atoms with van der Waals surface area (Å²) in [6.45, 7) is 2.47. The zero-order valence-corrected chi connectivity index (χ0v) is 12.8. The minimum atomic E-state index is -0.192. The number of hydrogen-bond donors (Lipinski definition) is 2. The van der Waals surface area contributed by atoms with Gasteiger partial charge in [0.1, 0.15) is 0 Å². The number of nitrogens with two attached hydrogens (primary N) is 1. The van der Waals surface area contributed by atoms with E-state index in [0.717, 1.165) is 22.2 Å². The molecule has 20 heavy (non-hydrogen) atoms. The maximum absolute atomic E-state index is 12.1. The topological polar surface area (TPSA) is 68.0 Å². The van der Waals surface area contributed by atoms with E-state index in [2.05, 4.69) is 33.2 Å². The Kier molecular flexibility index (Phi) is 4.74. The Morgan fingerprint density at radius 3 is 2.90 bits per heavy atom. The molecule has 104 valence electrons. The van der Waals surface area contributed by atoms with Crippen molar-refractivity contribution in [2.45, 2.75) is 19.9 Å². The number of halogens is 1. The quantitative estimate of drug-likeness (QED) is 0.845. The van der Waals surface area contributed by atoms with Gasteiger partial charge in [0.25, 0.3) is 5.91 Å². The fourth-order valence-corrected chi connectivity index (χ4v) is 2.33. The number of nitrogen functional groups attached to an aromatic ring is 1. The second-order valence-electron chi connectivity index (χ2n) is 4.38. The number of pyridine rings is 1. The second-order valence-corrected chi connectivity index (χ2v) is 5.29. The van der Waals surface area contributed by atoms with E-state index in [9.17, 15) is 4.79 Å². The molecule has 0 unspecified atom stereocenters. The Bertz CT molecular complexity index is 628. The standard InChI is InChI=1S/C15H16BrN3O/c1-2-10-4-3-7-18-14(10)9-19-15(20)12-6-5-11(16)8-13(12)17/h3-8H,2,9,17H2,1H3,(H,19,20). The van der Waals surface area contributed by atoms with Gasteiger partial charge in [-0.1, -0.05) is 28.9 Å². The number of aromatic nitrogens is 1. The van der Waals surface area contributed by atoms with E-state index < -0.39 is 0 Å². The maximum Gasteiger partial charge on any atom is 0.253 e. The summed E-state index contributed by atoms with van der Waals surface area (Å²) in [5, 5.41) is 2.85. The van der Waals surface area contributed by atoms with Crippen LogP contribution in [0.25, 0.3) is 0 Å². The third kappa shape index (κ3) is 3.36. The lowest BCUT2D eigenvalue weighted by molar-refractivity contribution is 0.0951. The minimum absolute atomic E-state index is 0.192. The molecule has 1 aromatic heterocycles. The van der Waals surface area contributed by atoms with Crippen LogP contribution in [0, 0.1) is 0 Å². The molecule has 1 aromatic carbocycles. The minimum Gasteiger partial charge on any atom is -0.398 e. The third-order valence-corrected chi connectivity index (χ3v) is 3.53. The molecule has 3 N–H and O–H groups in total. The molecule has 2 aromatic rings. The van der Waals surface area contributed by atoms with E-state index >= 15 is 0 Å². The van der Waals surface area contributed by atoms with Crippen LogP contribution in [0.1, 0.15) is 28.5 Å². The molecule has 0 spiro atoms. The monoisotopic (exact) mass is 333 g/mol. The summed E-state index contributed by atoms with van der Waals surface area (Å²) in [6, 6.07) is 9.13. The number of carbonyl (C=O) groups excluding carboxylic acids is 1. The molecule has 0 atom stereocenters. The number of carbonyl (C=O) groups is 1. The molecule has 0 aliphatic heterocycles. The largest absolute Gasteiger partial charge is 0.398 e. The lowest BCUT2D eigenvalue weighted by Crippen LogP contribution is -2.24. The van der Waals surface area contributed by atoms with Crippen molar-refractivity contribution in [3.05, 3.63) is 57.8 Å². The van der Waals surface area contributed by atoms with Crippen LogP contribution in [0.5, 0.6) is 0 Å². The Hall–Kier alpha value is -1.88. The van der Waals surface area contributed by atoms with Crippen LogP contribution in [0.4, 0.5) is 5.69 Å². The van der Waals surface area contributed by atoms with Crippen LogP contribution in [0.3, 0.4) is 0 Å². The number of nitrogens with zero attached hydrogens (tertiary/aromatic N) is 1. The van der Waals surface area contributed by atoms with Gasteiger partial charge in [0.05, 0.1) is 17.8 Å². The van der Waals surface area contributed by atoms with Gasteiger partial charge < -0.3 is 11.1 Å². The van der Waals surface area contributed by atoms with Gasteiger partial charge in [-0.2, -0.15) is 0 Å². The molecule has 0 bridgehead atoms. The highest BCUT2D eigenvalue weighted by Gasteiger charge is 2.10. The van der Waals surface area contributed by atoms with Crippen LogP contribution in [-0.4, -0.2) is 10.9 Å². The van der Waals surface area contributed by atoms with Gasteiger partial charge in [-0.25, -0.2) is 0 Å². The second kappa shape index (κ2) is 6.52. The Morgan fingerprint density at radius 1 is 1.40 bits per heavy atom. The first-order valence-corrected chi connectivity index (χ1v) is 7.17. The first-order valence-electron chi connectivity index (χ1n) is 6.37.